The van der Waals surface area contributed by atoms with Crippen LogP contribution in [0.3, 0.4) is 0 Å². The molecule has 0 spiro atoms. The van der Waals surface area contributed by atoms with Gasteiger partial charge >= 0.3 is 0 Å². The summed E-state index contributed by atoms with van der Waals surface area (Å²) in [5.41, 5.74) is 1.21. The minimum Gasteiger partial charge on any atom is -0.496 e. The van der Waals surface area contributed by atoms with Crippen LogP contribution >= 0.6 is 35.3 Å². The van der Waals surface area contributed by atoms with E-state index in [2.05, 4.69) is 54.6 Å². The highest BCUT2D eigenvalue weighted by Crippen LogP contribution is 2.25. The van der Waals surface area contributed by atoms with E-state index in [4.69, 9.17) is 4.74 Å². The number of nitrogens with zero attached hydrogens (tertiary/aromatic N) is 1. The van der Waals surface area contributed by atoms with Crippen LogP contribution in [0.15, 0.2) is 41.4 Å². The van der Waals surface area contributed by atoms with Crippen LogP contribution in [0.4, 0.5) is 0 Å². The van der Waals surface area contributed by atoms with Gasteiger partial charge in [0, 0.05) is 28.8 Å². The number of benzene rings is 1. The second kappa shape index (κ2) is 11.4. The zero-order valence-electron chi connectivity index (χ0n) is 15.3. The van der Waals surface area contributed by atoms with Gasteiger partial charge in [0.25, 0.3) is 0 Å². The molecule has 0 saturated heterocycles. The van der Waals surface area contributed by atoms with Crippen LogP contribution in [0.25, 0.3) is 0 Å². The molecule has 0 aliphatic heterocycles. The van der Waals surface area contributed by atoms with Gasteiger partial charge in [0.1, 0.15) is 5.75 Å². The van der Waals surface area contributed by atoms with E-state index in [0.717, 1.165) is 24.8 Å². The molecule has 1 aromatic heterocycles. The van der Waals surface area contributed by atoms with Crippen LogP contribution in [0, 0.1) is 6.92 Å². The smallest absolute Gasteiger partial charge is 0.191 e. The molecule has 2 rings (SSSR count). The lowest BCUT2D eigenvalue weighted by atomic mass is 10.0. The fourth-order valence-corrected chi connectivity index (χ4v) is 3.32. The van der Waals surface area contributed by atoms with Gasteiger partial charge in [-0.2, -0.15) is 0 Å². The van der Waals surface area contributed by atoms with Crippen molar-refractivity contribution < 1.29 is 4.74 Å². The van der Waals surface area contributed by atoms with Crippen molar-refractivity contribution in [1.82, 2.24) is 10.6 Å². The SMILES string of the molecule is CCNC(=NCc1ccc(C)s1)NCC(C)c1ccccc1OC.I. The first-order valence-electron chi connectivity index (χ1n) is 8.34. The molecular weight excluding hydrogens is 445 g/mol. The van der Waals surface area contributed by atoms with Gasteiger partial charge < -0.3 is 15.4 Å². The molecule has 0 amide bonds. The molecule has 2 aromatic rings. The van der Waals surface area contributed by atoms with Gasteiger partial charge in [0.05, 0.1) is 13.7 Å². The Hall–Kier alpha value is -1.28. The topological polar surface area (TPSA) is 45.7 Å². The van der Waals surface area contributed by atoms with E-state index >= 15 is 0 Å². The summed E-state index contributed by atoms with van der Waals surface area (Å²) in [6.45, 7) is 8.74. The van der Waals surface area contributed by atoms with Gasteiger partial charge in [0.15, 0.2) is 5.96 Å². The molecule has 1 aromatic carbocycles. The third kappa shape index (κ3) is 6.86. The summed E-state index contributed by atoms with van der Waals surface area (Å²) in [7, 11) is 1.72. The number of ether oxygens (including phenoxy) is 1. The molecule has 0 fully saturated rings. The lowest BCUT2D eigenvalue weighted by Gasteiger charge is -2.18. The molecule has 1 atom stereocenters. The Morgan fingerprint density at radius 2 is 1.96 bits per heavy atom. The molecule has 0 aliphatic carbocycles. The number of thiophene rings is 1. The summed E-state index contributed by atoms with van der Waals surface area (Å²) in [4.78, 5) is 7.28. The Bertz CT molecular complexity index is 672. The number of rotatable bonds is 7. The maximum absolute atomic E-state index is 5.46. The fourth-order valence-electron chi connectivity index (χ4n) is 2.50. The van der Waals surface area contributed by atoms with Crippen molar-refractivity contribution in [3.8, 4) is 5.75 Å². The molecule has 0 bridgehead atoms. The number of hydrogen-bond donors (Lipinski definition) is 2. The van der Waals surface area contributed by atoms with Gasteiger partial charge in [0.2, 0.25) is 0 Å². The van der Waals surface area contributed by atoms with Crippen LogP contribution < -0.4 is 15.4 Å². The summed E-state index contributed by atoms with van der Waals surface area (Å²) in [6, 6.07) is 12.4. The number of methoxy groups -OCH3 is 1. The predicted molar refractivity (Wildman–Crippen MR) is 119 cm³/mol. The first kappa shape index (κ1) is 21.8. The van der Waals surface area contributed by atoms with Crippen molar-refractivity contribution >= 4 is 41.3 Å². The average Bonchev–Trinajstić information content (AvgIpc) is 3.02. The lowest BCUT2D eigenvalue weighted by molar-refractivity contribution is 0.406. The highest BCUT2D eigenvalue weighted by Gasteiger charge is 2.11. The predicted octanol–water partition coefficient (Wildman–Crippen LogP) is 4.54. The van der Waals surface area contributed by atoms with Gasteiger partial charge in [-0.05, 0) is 37.6 Å². The molecule has 1 heterocycles. The number of hydrogen-bond acceptors (Lipinski definition) is 3. The first-order chi connectivity index (χ1) is 11.6. The van der Waals surface area contributed by atoms with E-state index in [1.54, 1.807) is 18.4 Å². The van der Waals surface area contributed by atoms with Crippen LogP contribution in [0.2, 0.25) is 0 Å². The van der Waals surface area contributed by atoms with Crippen LogP contribution in [-0.2, 0) is 6.54 Å². The Balaban J connectivity index is 0.00000312. The van der Waals surface area contributed by atoms with Gasteiger partial charge in [-0.25, -0.2) is 4.99 Å². The van der Waals surface area contributed by atoms with E-state index in [1.807, 2.05) is 18.2 Å². The first-order valence-corrected chi connectivity index (χ1v) is 9.16. The summed E-state index contributed by atoms with van der Waals surface area (Å²) in [5, 5.41) is 6.74. The second-order valence-corrected chi connectivity index (χ2v) is 7.10. The second-order valence-electron chi connectivity index (χ2n) is 5.73. The van der Waals surface area contributed by atoms with Gasteiger partial charge in [-0.3, -0.25) is 0 Å². The molecule has 138 valence electrons. The minimum atomic E-state index is 0. The Morgan fingerprint density at radius 3 is 2.60 bits per heavy atom. The molecule has 0 saturated carbocycles. The van der Waals surface area contributed by atoms with E-state index in [9.17, 15) is 0 Å². The van der Waals surface area contributed by atoms with Crippen molar-refractivity contribution in [3.63, 3.8) is 0 Å². The highest BCUT2D eigenvalue weighted by molar-refractivity contribution is 14.0. The normalized spacial score (nSPS) is 12.2. The number of aliphatic imine (C=N–C) groups is 1. The highest BCUT2D eigenvalue weighted by atomic mass is 127. The quantitative estimate of drug-likeness (QED) is 0.353. The monoisotopic (exact) mass is 473 g/mol. The standard InChI is InChI=1S/C19H27N3OS.HI/c1-5-20-19(22-13-16-11-10-15(3)24-16)21-12-14(2)17-8-6-7-9-18(17)23-4;/h6-11,14H,5,12-13H2,1-4H3,(H2,20,21,22);1H. The van der Waals surface area contributed by atoms with Crippen molar-refractivity contribution in [2.75, 3.05) is 20.2 Å². The molecule has 1 unspecified atom stereocenters. The van der Waals surface area contributed by atoms with E-state index in [1.165, 1.54) is 15.3 Å². The van der Waals surface area contributed by atoms with E-state index in [0.29, 0.717) is 12.5 Å². The number of nitrogens with one attached hydrogen (secondary N) is 2. The van der Waals surface area contributed by atoms with E-state index in [-0.39, 0.29) is 24.0 Å². The third-order valence-electron chi connectivity index (χ3n) is 3.78. The minimum absolute atomic E-state index is 0. The van der Waals surface area contributed by atoms with Gasteiger partial charge in [-0.15, -0.1) is 35.3 Å². The summed E-state index contributed by atoms with van der Waals surface area (Å²) in [6.07, 6.45) is 0. The molecule has 2 N–H and O–H groups in total. The van der Waals surface area contributed by atoms with Crippen LogP contribution in [-0.4, -0.2) is 26.2 Å². The maximum atomic E-state index is 5.46. The van der Waals surface area contributed by atoms with E-state index < -0.39 is 0 Å². The van der Waals surface area contributed by atoms with Gasteiger partial charge in [-0.1, -0.05) is 25.1 Å². The number of halogens is 1. The van der Waals surface area contributed by atoms with Crippen molar-refractivity contribution in [2.24, 2.45) is 4.99 Å². The molecule has 4 nitrogen and oxygen atoms in total. The Kier molecular flexibility index (Phi) is 9.89. The fraction of sp³-hybridized carbons (Fsp3) is 0.421. The number of para-hydroxylation sites is 1. The summed E-state index contributed by atoms with van der Waals surface area (Å²) < 4.78 is 5.46. The molecular formula is C19H28IN3OS. The zero-order chi connectivity index (χ0) is 17.4. The maximum Gasteiger partial charge on any atom is 0.191 e. The van der Waals surface area contributed by atoms with Crippen molar-refractivity contribution in [3.05, 3.63) is 51.7 Å². The molecule has 0 radical (unpaired) electrons. The van der Waals surface area contributed by atoms with Crippen molar-refractivity contribution in [1.29, 1.82) is 0 Å². The number of aryl methyl sites for hydroxylation is 1. The van der Waals surface area contributed by atoms with Crippen molar-refractivity contribution in [2.45, 2.75) is 33.2 Å². The molecule has 6 heteroatoms. The Morgan fingerprint density at radius 1 is 1.20 bits per heavy atom. The average molecular weight is 473 g/mol. The lowest BCUT2D eigenvalue weighted by Crippen LogP contribution is -2.39. The van der Waals surface area contributed by atoms with Crippen LogP contribution in [0.1, 0.15) is 35.1 Å². The summed E-state index contributed by atoms with van der Waals surface area (Å²) >= 11 is 1.79. The largest absolute Gasteiger partial charge is 0.496 e. The number of guanidine groups is 1. The molecule has 25 heavy (non-hydrogen) atoms. The van der Waals surface area contributed by atoms with Crippen LogP contribution in [0.5, 0.6) is 5.75 Å². The third-order valence-corrected chi connectivity index (χ3v) is 4.76. The Labute approximate surface area is 172 Å². The molecule has 0 aliphatic rings. The zero-order valence-corrected chi connectivity index (χ0v) is 18.5. The summed E-state index contributed by atoms with van der Waals surface area (Å²) in [5.74, 6) is 2.11.